The first-order valence-electron chi connectivity index (χ1n) is 8.23. The van der Waals surface area contributed by atoms with E-state index < -0.39 is 10.8 Å². The molecule has 7 heteroatoms. The van der Waals surface area contributed by atoms with Gasteiger partial charge in [-0.2, -0.15) is 0 Å². The third-order valence-corrected chi connectivity index (χ3v) is 5.94. The van der Waals surface area contributed by atoms with Crippen molar-refractivity contribution in [3.8, 4) is 0 Å². The van der Waals surface area contributed by atoms with Crippen molar-refractivity contribution in [1.82, 2.24) is 10.5 Å². The molecule has 1 aromatic heterocycles. The predicted octanol–water partition coefficient (Wildman–Crippen LogP) is 3.17. The lowest BCUT2D eigenvalue weighted by Gasteiger charge is -2.31. The third-order valence-electron chi connectivity index (χ3n) is 4.13. The lowest BCUT2D eigenvalue weighted by molar-refractivity contribution is 0.244. The fourth-order valence-corrected chi connectivity index (χ4v) is 4.23. The number of hydrogen-bond donors (Lipinski definition) is 2. The smallest absolute Gasteiger partial charge is 0.320 e. The van der Waals surface area contributed by atoms with Crippen molar-refractivity contribution >= 4 is 22.6 Å². The van der Waals surface area contributed by atoms with Crippen molar-refractivity contribution in [2.45, 2.75) is 70.1 Å². The number of carbonyl (C=O) groups is 1. The zero-order valence-corrected chi connectivity index (χ0v) is 15.2. The molecular formula is C16H27N3O3S. The van der Waals surface area contributed by atoms with Gasteiger partial charge in [0, 0.05) is 34.1 Å². The van der Waals surface area contributed by atoms with E-state index in [2.05, 4.69) is 15.8 Å². The summed E-state index contributed by atoms with van der Waals surface area (Å²) in [5, 5.41) is 9.58. The van der Waals surface area contributed by atoms with Crippen LogP contribution < -0.4 is 10.6 Å². The minimum Gasteiger partial charge on any atom is -0.359 e. The second kappa shape index (κ2) is 7.47. The van der Waals surface area contributed by atoms with Crippen LogP contribution >= 0.6 is 0 Å². The number of rotatable bonds is 4. The minimum absolute atomic E-state index is 0.0430. The molecule has 1 fully saturated rings. The van der Waals surface area contributed by atoms with E-state index in [1.807, 2.05) is 27.7 Å². The number of hydrogen-bond acceptors (Lipinski definition) is 4. The summed E-state index contributed by atoms with van der Waals surface area (Å²) in [7, 11) is -0.891. The van der Waals surface area contributed by atoms with Gasteiger partial charge < -0.3 is 9.84 Å². The number of carbonyl (C=O) groups excluding carboxylic acids is 1. The van der Waals surface area contributed by atoms with Crippen molar-refractivity contribution in [3.05, 3.63) is 11.8 Å². The highest BCUT2D eigenvalue weighted by Gasteiger charge is 2.30. The van der Waals surface area contributed by atoms with E-state index in [0.29, 0.717) is 11.6 Å². The van der Waals surface area contributed by atoms with Gasteiger partial charge in [-0.15, -0.1) is 0 Å². The van der Waals surface area contributed by atoms with E-state index in [-0.39, 0.29) is 22.7 Å². The summed E-state index contributed by atoms with van der Waals surface area (Å²) in [6.07, 6.45) is 3.91. The number of aromatic nitrogens is 1. The van der Waals surface area contributed by atoms with Crippen LogP contribution in [0.5, 0.6) is 0 Å². The fourth-order valence-electron chi connectivity index (χ4n) is 2.80. The molecule has 2 amide bonds. The summed E-state index contributed by atoms with van der Waals surface area (Å²) in [6, 6.07) is 1.38. The maximum absolute atomic E-state index is 12.2. The normalized spacial score (nSPS) is 23.3. The van der Waals surface area contributed by atoms with Crippen LogP contribution in [0, 0.1) is 0 Å². The molecule has 3 atom stereocenters. The average molecular weight is 341 g/mol. The summed E-state index contributed by atoms with van der Waals surface area (Å²) in [5.74, 6) is 1.75. The lowest BCUT2D eigenvalue weighted by atomic mass is 9.93. The maximum Gasteiger partial charge on any atom is 0.320 e. The summed E-state index contributed by atoms with van der Waals surface area (Å²) in [6.45, 7) is 7.98. The molecule has 23 heavy (non-hydrogen) atoms. The third kappa shape index (κ3) is 4.80. The average Bonchev–Trinajstić information content (AvgIpc) is 2.95. The summed E-state index contributed by atoms with van der Waals surface area (Å²) >= 11 is 0. The second-order valence-corrected chi connectivity index (χ2v) is 8.97. The first-order chi connectivity index (χ1) is 10.8. The van der Waals surface area contributed by atoms with E-state index >= 15 is 0 Å². The number of nitrogens with one attached hydrogen (secondary N) is 2. The molecule has 0 saturated heterocycles. The Morgan fingerprint density at radius 1 is 1.39 bits per heavy atom. The molecule has 6 nitrogen and oxygen atoms in total. The Bertz CT molecular complexity index is 565. The van der Waals surface area contributed by atoms with Crippen molar-refractivity contribution in [1.29, 1.82) is 0 Å². The summed E-state index contributed by atoms with van der Waals surface area (Å²) in [4.78, 5) is 12.2. The molecule has 0 aromatic carbocycles. The van der Waals surface area contributed by atoms with Gasteiger partial charge >= 0.3 is 6.03 Å². The minimum atomic E-state index is -0.891. The molecular weight excluding hydrogens is 314 g/mol. The van der Waals surface area contributed by atoms with E-state index in [1.165, 1.54) is 0 Å². The lowest BCUT2D eigenvalue weighted by Crippen LogP contribution is -2.48. The van der Waals surface area contributed by atoms with Gasteiger partial charge in [-0.1, -0.05) is 45.7 Å². The van der Waals surface area contributed by atoms with Gasteiger partial charge in [-0.05, 0) is 12.8 Å². The molecule has 1 saturated carbocycles. The highest BCUT2D eigenvalue weighted by atomic mass is 32.2. The predicted molar refractivity (Wildman–Crippen MR) is 92.1 cm³/mol. The molecule has 2 N–H and O–H groups in total. The van der Waals surface area contributed by atoms with Crippen molar-refractivity contribution in [2.24, 2.45) is 0 Å². The zero-order valence-electron chi connectivity index (χ0n) is 14.3. The van der Waals surface area contributed by atoms with Crippen LogP contribution in [-0.2, 0) is 16.2 Å². The Labute approximate surface area is 140 Å². The van der Waals surface area contributed by atoms with Gasteiger partial charge in [-0.25, -0.2) is 4.79 Å². The van der Waals surface area contributed by atoms with E-state index in [1.54, 1.807) is 6.07 Å². The molecule has 0 radical (unpaired) electrons. The Morgan fingerprint density at radius 2 is 2.09 bits per heavy atom. The number of anilines is 1. The largest absolute Gasteiger partial charge is 0.359 e. The van der Waals surface area contributed by atoms with Crippen LogP contribution in [0.4, 0.5) is 10.6 Å². The summed E-state index contributed by atoms with van der Waals surface area (Å²) < 4.78 is 17.4. The van der Waals surface area contributed by atoms with Crippen LogP contribution in [0.3, 0.4) is 0 Å². The van der Waals surface area contributed by atoms with Gasteiger partial charge in [0.15, 0.2) is 5.82 Å². The maximum atomic E-state index is 12.2. The molecule has 0 unspecified atom stereocenters. The Balaban J connectivity index is 1.95. The summed E-state index contributed by atoms with van der Waals surface area (Å²) in [5.41, 5.74) is -0.157. The van der Waals surface area contributed by atoms with Gasteiger partial charge in [-0.3, -0.25) is 9.53 Å². The van der Waals surface area contributed by atoms with Gasteiger partial charge in [0.1, 0.15) is 5.76 Å². The van der Waals surface area contributed by atoms with Crippen LogP contribution in [0.15, 0.2) is 10.6 Å². The van der Waals surface area contributed by atoms with Gasteiger partial charge in [0.05, 0.1) is 5.25 Å². The van der Waals surface area contributed by atoms with Crippen LogP contribution in [-0.4, -0.2) is 32.4 Å². The molecule has 0 bridgehead atoms. The van der Waals surface area contributed by atoms with E-state index in [4.69, 9.17) is 4.52 Å². The topological polar surface area (TPSA) is 84.2 Å². The number of nitrogens with zero attached hydrogens (tertiary/aromatic N) is 1. The molecule has 1 aliphatic carbocycles. The molecule has 2 rings (SSSR count). The Hall–Kier alpha value is -1.37. The van der Waals surface area contributed by atoms with Crippen LogP contribution in [0.1, 0.15) is 59.1 Å². The molecule has 130 valence electrons. The standard InChI is InChI=1S/C16H27N3O3S/c1-5-23(21)12-9-7-6-8-11(12)17-15(20)18-14-10-13(22-19-14)16(2,3)4/h10-12H,5-9H2,1-4H3,(H2,17,18,19,20)/t11-,12-,23+/m0/s1. The number of urea groups is 1. The highest BCUT2D eigenvalue weighted by Crippen LogP contribution is 2.25. The first-order valence-corrected chi connectivity index (χ1v) is 9.61. The van der Waals surface area contributed by atoms with Crippen molar-refractivity contribution < 1.29 is 13.5 Å². The quantitative estimate of drug-likeness (QED) is 0.881. The second-order valence-electron chi connectivity index (χ2n) is 7.02. The molecule has 0 spiro atoms. The number of amides is 2. The van der Waals surface area contributed by atoms with Gasteiger partial charge in [0.2, 0.25) is 0 Å². The van der Waals surface area contributed by atoms with Crippen LogP contribution in [0.2, 0.25) is 0 Å². The first kappa shape index (κ1) is 18.0. The van der Waals surface area contributed by atoms with E-state index in [0.717, 1.165) is 31.4 Å². The van der Waals surface area contributed by atoms with Crippen molar-refractivity contribution in [2.75, 3.05) is 11.1 Å². The monoisotopic (exact) mass is 341 g/mol. The SMILES string of the molecule is CC[S@@](=O)[C@H]1CCCC[C@@H]1NC(=O)Nc1cc(C(C)(C)C)on1. The molecule has 1 aliphatic rings. The Morgan fingerprint density at radius 3 is 2.70 bits per heavy atom. The molecule has 1 heterocycles. The van der Waals surface area contributed by atoms with Crippen molar-refractivity contribution in [3.63, 3.8) is 0 Å². The molecule has 0 aliphatic heterocycles. The van der Waals surface area contributed by atoms with Gasteiger partial charge in [0.25, 0.3) is 0 Å². The molecule has 1 aromatic rings. The highest BCUT2D eigenvalue weighted by molar-refractivity contribution is 7.85. The fraction of sp³-hybridized carbons (Fsp3) is 0.750. The van der Waals surface area contributed by atoms with E-state index in [9.17, 15) is 9.00 Å². The van der Waals surface area contributed by atoms with Crippen LogP contribution in [0.25, 0.3) is 0 Å². The Kier molecular flexibility index (Phi) is 5.84. The zero-order chi connectivity index (χ0) is 17.0.